The summed E-state index contributed by atoms with van der Waals surface area (Å²) >= 11 is 0. The number of hydrogen-bond donors (Lipinski definition) is 3. The van der Waals surface area contributed by atoms with Crippen molar-refractivity contribution in [3.05, 3.63) is 29.3 Å². The van der Waals surface area contributed by atoms with Crippen LogP contribution in [-0.4, -0.2) is 39.5 Å². The molecule has 2 atom stereocenters. The summed E-state index contributed by atoms with van der Waals surface area (Å²) in [5.74, 6) is -0.505. The number of aryl methyl sites for hydroxylation is 1. The number of amides is 1. The molecule has 0 spiro atoms. The highest BCUT2D eigenvalue weighted by atomic mass is 19.1. The molecule has 22 heavy (non-hydrogen) atoms. The summed E-state index contributed by atoms with van der Waals surface area (Å²) in [5.41, 5.74) is 0.0648. The lowest BCUT2D eigenvalue weighted by atomic mass is 10.0. The van der Waals surface area contributed by atoms with Gasteiger partial charge in [-0.2, -0.15) is 0 Å². The number of nitrogens with one attached hydrogen (secondary N) is 1. The first kappa shape index (κ1) is 18.3. The van der Waals surface area contributed by atoms with Crippen molar-refractivity contribution >= 4 is 6.09 Å². The number of aliphatic hydroxyl groups is 2. The van der Waals surface area contributed by atoms with Crippen LogP contribution in [-0.2, 0) is 4.74 Å². The molecule has 0 saturated heterocycles. The number of aliphatic hydroxyl groups excluding tert-OH is 2. The van der Waals surface area contributed by atoms with Crippen molar-refractivity contribution in [1.82, 2.24) is 10.3 Å². The smallest absolute Gasteiger partial charge is 0.407 e. The second-order valence-electron chi connectivity index (χ2n) is 6.09. The molecule has 0 radical (unpaired) electrons. The number of alkyl carbamates (subject to hydrolysis) is 1. The molecule has 7 heteroatoms. The number of rotatable bonds is 5. The molecule has 124 valence electrons. The molecule has 0 bridgehead atoms. The zero-order valence-electron chi connectivity index (χ0n) is 13.3. The molecule has 1 heterocycles. The standard InChI is InChI=1S/C15H23FN2O4/c1-9-7-10(16)8-18-12(9)13(20)11(19)5-6-17-14(21)22-15(2,3)4/h7-8,11,13,19-20H,5-6H2,1-4H3,(H,17,21). The first-order valence-corrected chi connectivity index (χ1v) is 7.05. The van der Waals surface area contributed by atoms with Crippen LogP contribution in [0.1, 0.15) is 44.6 Å². The zero-order chi connectivity index (χ0) is 16.9. The lowest BCUT2D eigenvalue weighted by Crippen LogP contribution is -2.34. The van der Waals surface area contributed by atoms with Gasteiger partial charge in [-0.1, -0.05) is 0 Å². The van der Waals surface area contributed by atoms with Crippen LogP contribution in [0.4, 0.5) is 9.18 Å². The quantitative estimate of drug-likeness (QED) is 0.771. The van der Waals surface area contributed by atoms with Gasteiger partial charge in [0.15, 0.2) is 0 Å². The molecule has 0 aliphatic rings. The molecule has 0 aliphatic heterocycles. The van der Waals surface area contributed by atoms with Crippen LogP contribution in [0, 0.1) is 12.7 Å². The Morgan fingerprint density at radius 3 is 2.64 bits per heavy atom. The topological polar surface area (TPSA) is 91.7 Å². The van der Waals surface area contributed by atoms with Gasteiger partial charge in [-0.05, 0) is 45.7 Å². The number of halogens is 1. The van der Waals surface area contributed by atoms with Crippen molar-refractivity contribution in [2.24, 2.45) is 0 Å². The Kier molecular flexibility index (Phi) is 6.25. The van der Waals surface area contributed by atoms with Gasteiger partial charge in [0.05, 0.1) is 18.0 Å². The van der Waals surface area contributed by atoms with Crippen LogP contribution >= 0.6 is 0 Å². The minimum atomic E-state index is -1.25. The maximum atomic E-state index is 13.0. The van der Waals surface area contributed by atoms with E-state index < -0.39 is 29.7 Å². The summed E-state index contributed by atoms with van der Waals surface area (Å²) < 4.78 is 18.0. The van der Waals surface area contributed by atoms with Crippen molar-refractivity contribution in [2.75, 3.05) is 6.54 Å². The Morgan fingerprint density at radius 2 is 2.09 bits per heavy atom. The van der Waals surface area contributed by atoms with E-state index in [0.29, 0.717) is 5.56 Å². The number of carbonyl (C=O) groups is 1. The zero-order valence-corrected chi connectivity index (χ0v) is 13.3. The molecule has 1 aromatic heterocycles. The average Bonchev–Trinajstić information content (AvgIpc) is 2.35. The molecular formula is C15H23FN2O4. The predicted molar refractivity (Wildman–Crippen MR) is 78.8 cm³/mol. The van der Waals surface area contributed by atoms with Gasteiger partial charge in [0.1, 0.15) is 17.5 Å². The fourth-order valence-electron chi connectivity index (χ4n) is 1.84. The lowest BCUT2D eigenvalue weighted by Gasteiger charge is -2.21. The summed E-state index contributed by atoms with van der Waals surface area (Å²) in [6, 6.07) is 1.23. The highest BCUT2D eigenvalue weighted by molar-refractivity contribution is 5.67. The fraction of sp³-hybridized carbons (Fsp3) is 0.600. The summed E-state index contributed by atoms with van der Waals surface area (Å²) in [5, 5.41) is 22.5. The summed E-state index contributed by atoms with van der Waals surface area (Å²) in [7, 11) is 0. The van der Waals surface area contributed by atoms with Crippen LogP contribution in [0.3, 0.4) is 0 Å². The van der Waals surface area contributed by atoms with Gasteiger partial charge >= 0.3 is 6.09 Å². The van der Waals surface area contributed by atoms with E-state index in [0.717, 1.165) is 6.20 Å². The molecule has 0 aliphatic carbocycles. The number of carbonyl (C=O) groups excluding carboxylic acids is 1. The molecule has 0 saturated carbocycles. The molecular weight excluding hydrogens is 291 g/mol. The number of ether oxygens (including phenoxy) is 1. The SMILES string of the molecule is Cc1cc(F)cnc1C(O)C(O)CCNC(=O)OC(C)(C)C. The summed E-state index contributed by atoms with van der Waals surface area (Å²) in [4.78, 5) is 15.2. The van der Waals surface area contributed by atoms with E-state index in [1.807, 2.05) is 0 Å². The van der Waals surface area contributed by atoms with E-state index in [2.05, 4.69) is 10.3 Å². The predicted octanol–water partition coefficient (Wildman–Crippen LogP) is 1.84. The minimum absolute atomic E-state index is 0.110. The maximum absolute atomic E-state index is 13.0. The number of nitrogens with zero attached hydrogens (tertiary/aromatic N) is 1. The van der Waals surface area contributed by atoms with E-state index >= 15 is 0 Å². The minimum Gasteiger partial charge on any atom is -0.444 e. The maximum Gasteiger partial charge on any atom is 0.407 e. The third-order valence-corrected chi connectivity index (χ3v) is 2.84. The lowest BCUT2D eigenvalue weighted by molar-refractivity contribution is 0.00948. The normalized spacial score (nSPS) is 14.3. The van der Waals surface area contributed by atoms with Gasteiger partial charge < -0.3 is 20.3 Å². The van der Waals surface area contributed by atoms with Crippen LogP contribution in [0.15, 0.2) is 12.3 Å². The van der Waals surface area contributed by atoms with E-state index in [4.69, 9.17) is 4.74 Å². The Morgan fingerprint density at radius 1 is 1.45 bits per heavy atom. The summed E-state index contributed by atoms with van der Waals surface area (Å²) in [6.45, 7) is 6.96. The van der Waals surface area contributed by atoms with Crippen LogP contribution in [0.2, 0.25) is 0 Å². The van der Waals surface area contributed by atoms with Gasteiger partial charge in [-0.25, -0.2) is 9.18 Å². The monoisotopic (exact) mass is 314 g/mol. The van der Waals surface area contributed by atoms with Crippen molar-refractivity contribution in [3.63, 3.8) is 0 Å². The summed E-state index contributed by atoms with van der Waals surface area (Å²) in [6.07, 6.45) is -1.88. The van der Waals surface area contributed by atoms with Crippen LogP contribution in [0.25, 0.3) is 0 Å². The Bertz CT molecular complexity index is 517. The first-order valence-electron chi connectivity index (χ1n) is 7.05. The Hall–Kier alpha value is -1.73. The fourth-order valence-corrected chi connectivity index (χ4v) is 1.84. The largest absolute Gasteiger partial charge is 0.444 e. The van der Waals surface area contributed by atoms with Gasteiger partial charge in [-0.15, -0.1) is 0 Å². The van der Waals surface area contributed by atoms with Crippen molar-refractivity contribution in [2.45, 2.75) is 51.9 Å². The molecule has 1 rings (SSSR count). The molecule has 1 aromatic rings. The number of pyridine rings is 1. The molecule has 6 nitrogen and oxygen atoms in total. The number of aromatic nitrogens is 1. The second kappa shape index (κ2) is 7.51. The van der Waals surface area contributed by atoms with Gasteiger partial charge in [0, 0.05) is 6.54 Å². The third-order valence-electron chi connectivity index (χ3n) is 2.84. The van der Waals surface area contributed by atoms with Crippen molar-refractivity contribution < 1.29 is 24.1 Å². The van der Waals surface area contributed by atoms with E-state index in [1.165, 1.54) is 6.07 Å². The molecule has 0 fully saturated rings. The van der Waals surface area contributed by atoms with E-state index in [9.17, 15) is 19.4 Å². The third kappa shape index (κ3) is 5.95. The van der Waals surface area contributed by atoms with Crippen LogP contribution < -0.4 is 5.32 Å². The highest BCUT2D eigenvalue weighted by Gasteiger charge is 2.22. The first-order chi connectivity index (χ1) is 10.1. The molecule has 3 N–H and O–H groups in total. The molecule has 0 aromatic carbocycles. The van der Waals surface area contributed by atoms with E-state index in [1.54, 1.807) is 27.7 Å². The van der Waals surface area contributed by atoms with Gasteiger partial charge in [-0.3, -0.25) is 4.98 Å². The van der Waals surface area contributed by atoms with Gasteiger partial charge in [0.2, 0.25) is 0 Å². The molecule has 2 unspecified atom stereocenters. The van der Waals surface area contributed by atoms with Crippen LogP contribution in [0.5, 0.6) is 0 Å². The van der Waals surface area contributed by atoms with Crippen molar-refractivity contribution in [1.29, 1.82) is 0 Å². The number of hydrogen-bond acceptors (Lipinski definition) is 5. The second-order valence-corrected chi connectivity index (χ2v) is 6.09. The molecule has 1 amide bonds. The van der Waals surface area contributed by atoms with E-state index in [-0.39, 0.29) is 18.7 Å². The van der Waals surface area contributed by atoms with Gasteiger partial charge in [0.25, 0.3) is 0 Å². The Labute approximate surface area is 129 Å². The Balaban J connectivity index is 2.48. The highest BCUT2D eigenvalue weighted by Crippen LogP contribution is 2.20. The average molecular weight is 314 g/mol. The van der Waals surface area contributed by atoms with Crippen molar-refractivity contribution in [3.8, 4) is 0 Å².